The molecule has 3 heteroatoms. The van der Waals surface area contributed by atoms with Gasteiger partial charge in [-0.25, -0.2) is 0 Å². The lowest BCUT2D eigenvalue weighted by Gasteiger charge is -2.20. The topological polar surface area (TPSA) is 50.1 Å². The number of benzene rings is 5. The van der Waals surface area contributed by atoms with Crippen LogP contribution in [0.3, 0.4) is 0 Å². The average Bonchev–Trinajstić information content (AvgIpc) is 2.89. The number of nitrogens with one attached hydrogen (secondary N) is 2. The minimum atomic E-state index is 0.105. The third-order valence-corrected chi connectivity index (χ3v) is 6.24. The molecule has 35 heavy (non-hydrogen) atoms. The van der Waals surface area contributed by atoms with Crippen LogP contribution in [0.25, 0.3) is 0 Å². The highest BCUT2D eigenvalue weighted by Crippen LogP contribution is 2.34. The molecule has 0 bridgehead atoms. The second-order valence-electron chi connectivity index (χ2n) is 8.77. The van der Waals surface area contributed by atoms with Crippen molar-refractivity contribution in [1.82, 2.24) is 0 Å². The molecule has 0 heterocycles. The maximum absolute atomic E-state index is 5.99. The van der Waals surface area contributed by atoms with E-state index in [9.17, 15) is 0 Å². The second-order valence-corrected chi connectivity index (χ2v) is 8.77. The molecule has 5 aromatic carbocycles. The monoisotopic (exact) mass is 455 g/mol. The number of nitrogens with two attached hydrogens (primary N) is 1. The van der Waals surface area contributed by atoms with Crippen LogP contribution in [0.1, 0.15) is 28.2 Å². The van der Waals surface area contributed by atoms with Gasteiger partial charge in [0, 0.05) is 34.4 Å². The molecule has 3 nitrogen and oxygen atoms in total. The molecule has 0 radical (unpaired) electrons. The smallest absolute Gasteiger partial charge is 0.0413 e. The molecule has 4 N–H and O–H groups in total. The minimum Gasteiger partial charge on any atom is -0.399 e. The summed E-state index contributed by atoms with van der Waals surface area (Å²) in [5.74, 6) is 0.105. The first kappa shape index (κ1) is 22.3. The van der Waals surface area contributed by atoms with Gasteiger partial charge >= 0.3 is 0 Å². The molecule has 0 saturated carbocycles. The third-order valence-electron chi connectivity index (χ3n) is 6.24. The fraction of sp³-hybridized carbons (Fsp3) is 0.0625. The highest BCUT2D eigenvalue weighted by atomic mass is 14.9. The summed E-state index contributed by atoms with van der Waals surface area (Å²) in [5, 5.41) is 7.00. The Morgan fingerprint density at radius 1 is 0.486 bits per heavy atom. The maximum Gasteiger partial charge on any atom is 0.0413 e. The van der Waals surface area contributed by atoms with Crippen LogP contribution in [-0.4, -0.2) is 0 Å². The molecule has 5 rings (SSSR count). The first-order chi connectivity index (χ1) is 17.2. The molecular formula is C32H29N3. The molecule has 5 aromatic rings. The number of aryl methyl sites for hydroxylation is 1. The van der Waals surface area contributed by atoms with E-state index in [-0.39, 0.29) is 5.92 Å². The molecule has 0 spiro atoms. The SMILES string of the molecule is Cc1ccccc1Nc1ccc(C(c2ccc(N)cc2)c2ccc(Nc3ccccc3)cc2)cc1. The van der Waals surface area contributed by atoms with Crippen LogP contribution in [-0.2, 0) is 0 Å². The lowest BCUT2D eigenvalue weighted by atomic mass is 9.85. The summed E-state index contributed by atoms with van der Waals surface area (Å²) in [6.45, 7) is 2.12. The summed E-state index contributed by atoms with van der Waals surface area (Å²) in [7, 11) is 0. The van der Waals surface area contributed by atoms with Crippen molar-refractivity contribution in [1.29, 1.82) is 0 Å². The van der Waals surface area contributed by atoms with Gasteiger partial charge in [0.1, 0.15) is 0 Å². The van der Waals surface area contributed by atoms with Gasteiger partial charge in [0.15, 0.2) is 0 Å². The van der Waals surface area contributed by atoms with E-state index in [1.54, 1.807) is 0 Å². The van der Waals surface area contributed by atoms with Gasteiger partial charge in [-0.3, -0.25) is 0 Å². The van der Waals surface area contributed by atoms with Crippen molar-refractivity contribution in [2.45, 2.75) is 12.8 Å². The van der Waals surface area contributed by atoms with Gasteiger partial charge in [0.25, 0.3) is 0 Å². The van der Waals surface area contributed by atoms with Crippen LogP contribution in [0.4, 0.5) is 28.4 Å². The van der Waals surface area contributed by atoms with Gasteiger partial charge in [0.05, 0.1) is 0 Å². The Labute approximate surface area is 207 Å². The molecule has 0 aliphatic carbocycles. The molecule has 1 unspecified atom stereocenters. The molecule has 172 valence electrons. The van der Waals surface area contributed by atoms with Gasteiger partial charge in [-0.1, -0.05) is 72.8 Å². The van der Waals surface area contributed by atoms with Crippen LogP contribution in [0.2, 0.25) is 0 Å². The van der Waals surface area contributed by atoms with E-state index in [4.69, 9.17) is 5.73 Å². The van der Waals surface area contributed by atoms with E-state index in [0.717, 1.165) is 28.4 Å². The van der Waals surface area contributed by atoms with Crippen molar-refractivity contribution < 1.29 is 0 Å². The zero-order valence-corrected chi connectivity index (χ0v) is 19.8. The van der Waals surface area contributed by atoms with Crippen molar-refractivity contribution in [3.63, 3.8) is 0 Å². The van der Waals surface area contributed by atoms with Crippen molar-refractivity contribution in [2.24, 2.45) is 0 Å². The van der Waals surface area contributed by atoms with Gasteiger partial charge in [-0.2, -0.15) is 0 Å². The highest BCUT2D eigenvalue weighted by Gasteiger charge is 2.17. The largest absolute Gasteiger partial charge is 0.399 e. The molecule has 0 aliphatic rings. The van der Waals surface area contributed by atoms with Crippen LogP contribution in [0, 0.1) is 6.92 Å². The summed E-state index contributed by atoms with van der Waals surface area (Å²) < 4.78 is 0. The molecule has 0 saturated heterocycles. The third kappa shape index (κ3) is 5.36. The number of anilines is 5. The van der Waals surface area contributed by atoms with E-state index in [2.05, 4.69) is 115 Å². The highest BCUT2D eigenvalue weighted by molar-refractivity contribution is 5.64. The summed E-state index contributed by atoms with van der Waals surface area (Å²) in [6.07, 6.45) is 0. The van der Waals surface area contributed by atoms with Crippen LogP contribution < -0.4 is 16.4 Å². The number of hydrogen-bond donors (Lipinski definition) is 3. The van der Waals surface area contributed by atoms with E-state index >= 15 is 0 Å². The molecule has 0 aliphatic heterocycles. The summed E-state index contributed by atoms with van der Waals surface area (Å²) >= 11 is 0. The average molecular weight is 456 g/mol. The van der Waals surface area contributed by atoms with Gasteiger partial charge < -0.3 is 16.4 Å². The predicted octanol–water partition coefficient (Wildman–Crippen LogP) is 8.24. The van der Waals surface area contributed by atoms with Gasteiger partial charge in [0.2, 0.25) is 0 Å². The quantitative estimate of drug-likeness (QED) is 0.171. The fourth-order valence-electron chi connectivity index (χ4n) is 4.34. The molecule has 1 atom stereocenters. The van der Waals surface area contributed by atoms with Crippen LogP contribution >= 0.6 is 0 Å². The zero-order chi connectivity index (χ0) is 24.0. The molecular weight excluding hydrogens is 426 g/mol. The van der Waals surface area contributed by atoms with Crippen molar-refractivity contribution in [3.8, 4) is 0 Å². The lowest BCUT2D eigenvalue weighted by Crippen LogP contribution is -2.04. The standard InChI is InChI=1S/C32H29N3/c1-23-7-5-6-10-31(23)35-30-21-15-26(16-22-30)32(24-11-17-27(33)18-12-24)25-13-19-29(20-14-25)34-28-8-3-2-4-9-28/h2-22,32,34-35H,33H2,1H3. The Morgan fingerprint density at radius 3 is 1.51 bits per heavy atom. The van der Waals surface area contributed by atoms with E-state index in [1.807, 2.05) is 30.3 Å². The molecule has 0 aromatic heterocycles. The number of para-hydroxylation sites is 2. The molecule has 0 fully saturated rings. The first-order valence-corrected chi connectivity index (χ1v) is 11.9. The van der Waals surface area contributed by atoms with Crippen molar-refractivity contribution in [2.75, 3.05) is 16.4 Å². The fourth-order valence-corrected chi connectivity index (χ4v) is 4.34. The van der Waals surface area contributed by atoms with E-state index in [0.29, 0.717) is 0 Å². The Morgan fingerprint density at radius 2 is 0.943 bits per heavy atom. The summed E-state index contributed by atoms with van der Waals surface area (Å²) in [5.41, 5.74) is 16.0. The predicted molar refractivity (Wildman–Crippen MR) is 149 cm³/mol. The van der Waals surface area contributed by atoms with Crippen LogP contribution in [0.5, 0.6) is 0 Å². The Bertz CT molecular complexity index is 1370. The minimum absolute atomic E-state index is 0.105. The first-order valence-electron chi connectivity index (χ1n) is 11.9. The Hall–Kier alpha value is -4.50. The number of rotatable bonds is 7. The van der Waals surface area contributed by atoms with Crippen LogP contribution in [0.15, 0.2) is 127 Å². The maximum atomic E-state index is 5.99. The Kier molecular flexibility index (Phi) is 6.49. The van der Waals surface area contributed by atoms with E-state index < -0.39 is 0 Å². The lowest BCUT2D eigenvalue weighted by molar-refractivity contribution is 0.978. The van der Waals surface area contributed by atoms with E-state index in [1.165, 1.54) is 22.3 Å². The van der Waals surface area contributed by atoms with Crippen molar-refractivity contribution in [3.05, 3.63) is 150 Å². The molecule has 0 amide bonds. The zero-order valence-electron chi connectivity index (χ0n) is 19.8. The Balaban J connectivity index is 1.44. The summed E-state index contributed by atoms with van der Waals surface area (Å²) in [6, 6.07) is 44.1. The van der Waals surface area contributed by atoms with Gasteiger partial charge in [-0.05, 0) is 83.8 Å². The van der Waals surface area contributed by atoms with Gasteiger partial charge in [-0.15, -0.1) is 0 Å². The second kappa shape index (κ2) is 10.2. The van der Waals surface area contributed by atoms with Crippen molar-refractivity contribution >= 4 is 28.4 Å². The number of nitrogen functional groups attached to an aromatic ring is 1. The normalized spacial score (nSPS) is 11.6. The number of hydrogen-bond acceptors (Lipinski definition) is 3. The summed E-state index contributed by atoms with van der Waals surface area (Å²) in [4.78, 5) is 0.